The fourth-order valence-electron chi connectivity index (χ4n) is 2.28. The van der Waals surface area contributed by atoms with Crippen molar-refractivity contribution < 1.29 is 17.9 Å². The van der Waals surface area contributed by atoms with Crippen LogP contribution in [0.3, 0.4) is 0 Å². The van der Waals surface area contributed by atoms with Gasteiger partial charge in [-0.2, -0.15) is 13.2 Å². The predicted octanol–water partition coefficient (Wildman–Crippen LogP) is 3.36. The Morgan fingerprint density at radius 1 is 1.19 bits per heavy atom. The lowest BCUT2D eigenvalue weighted by Gasteiger charge is -2.13. The predicted molar refractivity (Wildman–Crippen MR) is 93.9 cm³/mol. The number of guanidine groups is 1. The molecular weight excluding hydrogens is 345 g/mol. The van der Waals surface area contributed by atoms with Crippen molar-refractivity contribution in [2.45, 2.75) is 26.2 Å². The van der Waals surface area contributed by atoms with Crippen molar-refractivity contribution in [3.63, 3.8) is 0 Å². The molecule has 0 saturated carbocycles. The van der Waals surface area contributed by atoms with E-state index in [0.29, 0.717) is 30.5 Å². The van der Waals surface area contributed by atoms with Crippen LogP contribution in [0.5, 0.6) is 5.88 Å². The Morgan fingerprint density at radius 2 is 2.00 bits per heavy atom. The standard InChI is InChI=1S/C18H21F3N4O/c1-3-22-17(25-12-14-7-5-9-23-16(14)26-2)24-11-13-6-4-8-15(10-13)18(19,20)21/h4-10H,3,11-12H2,1-2H3,(H2,22,24,25). The van der Waals surface area contributed by atoms with Gasteiger partial charge in [-0.1, -0.05) is 18.2 Å². The van der Waals surface area contributed by atoms with Gasteiger partial charge in [0.2, 0.25) is 5.88 Å². The number of methoxy groups -OCH3 is 1. The molecule has 0 aliphatic rings. The second-order valence-electron chi connectivity index (χ2n) is 5.42. The molecule has 1 aromatic carbocycles. The summed E-state index contributed by atoms with van der Waals surface area (Å²) in [6.07, 6.45) is -2.73. The van der Waals surface area contributed by atoms with Crippen LogP contribution in [0.25, 0.3) is 0 Å². The number of halogens is 3. The van der Waals surface area contributed by atoms with Gasteiger partial charge in [0, 0.05) is 24.8 Å². The molecule has 0 aliphatic carbocycles. The van der Waals surface area contributed by atoms with Gasteiger partial charge in [-0.3, -0.25) is 0 Å². The van der Waals surface area contributed by atoms with Gasteiger partial charge in [0.05, 0.1) is 19.2 Å². The van der Waals surface area contributed by atoms with Gasteiger partial charge in [0.15, 0.2) is 5.96 Å². The topological polar surface area (TPSA) is 58.5 Å². The van der Waals surface area contributed by atoms with Gasteiger partial charge >= 0.3 is 6.18 Å². The van der Waals surface area contributed by atoms with Crippen LogP contribution in [-0.4, -0.2) is 24.6 Å². The van der Waals surface area contributed by atoms with Crippen LogP contribution in [0, 0.1) is 0 Å². The Balaban J connectivity index is 2.07. The first kappa shape index (κ1) is 19.6. The number of hydrogen-bond acceptors (Lipinski definition) is 3. The number of aromatic nitrogens is 1. The molecule has 0 amide bonds. The average Bonchev–Trinajstić information content (AvgIpc) is 2.63. The smallest absolute Gasteiger partial charge is 0.416 e. The van der Waals surface area contributed by atoms with Gasteiger partial charge in [-0.15, -0.1) is 0 Å². The van der Waals surface area contributed by atoms with Crippen LogP contribution in [-0.2, 0) is 19.3 Å². The van der Waals surface area contributed by atoms with Crippen LogP contribution in [0.1, 0.15) is 23.6 Å². The summed E-state index contributed by atoms with van der Waals surface area (Å²) in [6.45, 7) is 3.08. The molecule has 26 heavy (non-hydrogen) atoms. The zero-order valence-electron chi connectivity index (χ0n) is 14.6. The van der Waals surface area contributed by atoms with Crippen molar-refractivity contribution in [3.05, 3.63) is 59.3 Å². The van der Waals surface area contributed by atoms with Crippen LogP contribution >= 0.6 is 0 Å². The molecule has 2 rings (SSSR count). The lowest BCUT2D eigenvalue weighted by molar-refractivity contribution is -0.137. The van der Waals surface area contributed by atoms with Crippen molar-refractivity contribution in [3.8, 4) is 5.88 Å². The van der Waals surface area contributed by atoms with Gasteiger partial charge in [0.1, 0.15) is 0 Å². The minimum Gasteiger partial charge on any atom is -0.481 e. The summed E-state index contributed by atoms with van der Waals surface area (Å²) in [5.74, 6) is 1.00. The summed E-state index contributed by atoms with van der Waals surface area (Å²) in [6, 6.07) is 8.82. The quantitative estimate of drug-likeness (QED) is 0.608. The number of benzene rings is 1. The first-order chi connectivity index (χ1) is 12.4. The van der Waals surface area contributed by atoms with Gasteiger partial charge in [0.25, 0.3) is 0 Å². The molecule has 1 aromatic heterocycles. The number of hydrogen-bond donors (Lipinski definition) is 2. The van der Waals surface area contributed by atoms with E-state index in [1.54, 1.807) is 25.4 Å². The molecule has 140 valence electrons. The highest BCUT2D eigenvalue weighted by Crippen LogP contribution is 2.29. The maximum Gasteiger partial charge on any atom is 0.416 e. The Bertz CT molecular complexity index is 747. The minimum absolute atomic E-state index is 0.128. The van der Waals surface area contributed by atoms with Crippen LogP contribution in [0.2, 0.25) is 0 Å². The van der Waals surface area contributed by atoms with Crippen molar-refractivity contribution in [2.75, 3.05) is 13.7 Å². The number of nitrogens with zero attached hydrogens (tertiary/aromatic N) is 2. The average molecular weight is 366 g/mol. The minimum atomic E-state index is -4.36. The SMILES string of the molecule is CCNC(=NCc1cccc(C(F)(F)F)c1)NCc1cccnc1OC. The zero-order valence-corrected chi connectivity index (χ0v) is 14.6. The number of pyridine rings is 1. The van der Waals surface area contributed by atoms with E-state index in [1.165, 1.54) is 6.07 Å². The monoisotopic (exact) mass is 366 g/mol. The Hall–Kier alpha value is -2.77. The largest absolute Gasteiger partial charge is 0.481 e. The third-order valence-electron chi connectivity index (χ3n) is 3.51. The fraction of sp³-hybridized carbons (Fsp3) is 0.333. The molecule has 8 heteroatoms. The molecule has 0 bridgehead atoms. The van der Waals surface area contributed by atoms with Crippen molar-refractivity contribution in [2.24, 2.45) is 4.99 Å². The molecule has 2 aromatic rings. The van der Waals surface area contributed by atoms with E-state index in [9.17, 15) is 13.2 Å². The molecule has 0 saturated heterocycles. The second-order valence-corrected chi connectivity index (χ2v) is 5.42. The van der Waals surface area contributed by atoms with Crippen LogP contribution in [0.4, 0.5) is 13.2 Å². The van der Waals surface area contributed by atoms with E-state index in [2.05, 4.69) is 20.6 Å². The Morgan fingerprint density at radius 3 is 2.69 bits per heavy atom. The fourth-order valence-corrected chi connectivity index (χ4v) is 2.28. The molecule has 0 unspecified atom stereocenters. The highest BCUT2D eigenvalue weighted by molar-refractivity contribution is 5.79. The van der Waals surface area contributed by atoms with Crippen molar-refractivity contribution in [1.82, 2.24) is 15.6 Å². The zero-order chi connectivity index (χ0) is 19.0. The third-order valence-corrected chi connectivity index (χ3v) is 3.51. The lowest BCUT2D eigenvalue weighted by Crippen LogP contribution is -2.36. The maximum atomic E-state index is 12.8. The number of alkyl halides is 3. The normalized spacial score (nSPS) is 12.0. The van der Waals surface area contributed by atoms with Crippen LogP contribution < -0.4 is 15.4 Å². The van der Waals surface area contributed by atoms with E-state index in [0.717, 1.165) is 17.7 Å². The van der Waals surface area contributed by atoms with E-state index in [4.69, 9.17) is 4.74 Å². The van der Waals surface area contributed by atoms with Crippen LogP contribution in [0.15, 0.2) is 47.6 Å². The molecule has 0 spiro atoms. The third kappa shape index (κ3) is 5.65. The molecule has 5 nitrogen and oxygen atoms in total. The first-order valence-corrected chi connectivity index (χ1v) is 8.10. The molecular formula is C18H21F3N4O. The lowest BCUT2D eigenvalue weighted by atomic mass is 10.1. The summed E-state index contributed by atoms with van der Waals surface area (Å²) in [5.41, 5.74) is 0.652. The van der Waals surface area contributed by atoms with Gasteiger partial charge < -0.3 is 15.4 Å². The number of aliphatic imine (C=N–C) groups is 1. The van der Waals surface area contributed by atoms with E-state index >= 15 is 0 Å². The maximum absolute atomic E-state index is 12.8. The molecule has 0 aliphatic heterocycles. The summed E-state index contributed by atoms with van der Waals surface area (Å²) in [5, 5.41) is 6.18. The summed E-state index contributed by atoms with van der Waals surface area (Å²) < 4.78 is 43.6. The van der Waals surface area contributed by atoms with Gasteiger partial charge in [-0.25, -0.2) is 9.98 Å². The van der Waals surface area contributed by atoms with E-state index < -0.39 is 11.7 Å². The van der Waals surface area contributed by atoms with Crippen molar-refractivity contribution >= 4 is 5.96 Å². The second kappa shape index (κ2) is 9.07. The summed E-state index contributed by atoms with van der Waals surface area (Å²) >= 11 is 0. The Kier molecular flexibility index (Phi) is 6.82. The molecule has 0 fully saturated rings. The van der Waals surface area contributed by atoms with Gasteiger partial charge in [-0.05, 0) is 30.7 Å². The van der Waals surface area contributed by atoms with Crippen molar-refractivity contribution in [1.29, 1.82) is 0 Å². The van der Waals surface area contributed by atoms with E-state index in [1.807, 2.05) is 13.0 Å². The molecule has 0 radical (unpaired) electrons. The highest BCUT2D eigenvalue weighted by atomic mass is 19.4. The molecule has 0 atom stereocenters. The number of rotatable bonds is 6. The Labute approximate surface area is 150 Å². The highest BCUT2D eigenvalue weighted by Gasteiger charge is 2.30. The molecule has 2 N–H and O–H groups in total. The molecule has 1 heterocycles. The summed E-state index contributed by atoms with van der Waals surface area (Å²) in [4.78, 5) is 8.46. The first-order valence-electron chi connectivity index (χ1n) is 8.10. The summed E-state index contributed by atoms with van der Waals surface area (Å²) in [7, 11) is 1.54. The number of nitrogens with one attached hydrogen (secondary N) is 2. The number of ether oxygens (including phenoxy) is 1. The van der Waals surface area contributed by atoms with E-state index in [-0.39, 0.29) is 6.54 Å².